The number of esters is 1. The molecule has 0 saturated carbocycles. The molecule has 0 saturated heterocycles. The average molecular weight is 394 g/mol. The van der Waals surface area contributed by atoms with E-state index in [9.17, 15) is 14.0 Å². The van der Waals surface area contributed by atoms with Gasteiger partial charge in [0.25, 0.3) is 5.91 Å². The zero-order chi connectivity index (χ0) is 20.0. The van der Waals surface area contributed by atoms with Gasteiger partial charge in [0.05, 0.1) is 11.4 Å². The second-order valence-corrected chi connectivity index (χ2v) is 6.68. The van der Waals surface area contributed by atoms with Gasteiger partial charge >= 0.3 is 5.97 Å². The molecule has 1 aromatic carbocycles. The second-order valence-electron chi connectivity index (χ2n) is 6.32. The van der Waals surface area contributed by atoms with Crippen LogP contribution in [0, 0.1) is 18.7 Å². The first-order valence-electron chi connectivity index (χ1n) is 8.40. The lowest BCUT2D eigenvalue weighted by Crippen LogP contribution is -2.31. The van der Waals surface area contributed by atoms with Gasteiger partial charge in [0.15, 0.2) is 6.61 Å². The van der Waals surface area contributed by atoms with Gasteiger partial charge in [-0.1, -0.05) is 25.4 Å². The van der Waals surface area contributed by atoms with Crippen LogP contribution >= 0.6 is 11.6 Å². The van der Waals surface area contributed by atoms with E-state index in [1.807, 2.05) is 13.8 Å². The van der Waals surface area contributed by atoms with E-state index in [1.165, 1.54) is 29.0 Å². The summed E-state index contributed by atoms with van der Waals surface area (Å²) in [4.78, 5) is 23.3. The Morgan fingerprint density at radius 1 is 1.33 bits per heavy atom. The number of nitrogens with one attached hydrogen (secondary N) is 1. The summed E-state index contributed by atoms with van der Waals surface area (Å²) in [5.74, 6) is -1.07. The number of rotatable bonds is 7. The molecule has 1 aromatic heterocycles. The van der Waals surface area contributed by atoms with Crippen molar-refractivity contribution in [3.63, 3.8) is 0 Å². The highest BCUT2D eigenvalue weighted by molar-refractivity contribution is 6.31. The van der Waals surface area contributed by atoms with Crippen LogP contribution in [0.2, 0.25) is 5.15 Å². The van der Waals surface area contributed by atoms with Crippen LogP contribution < -0.4 is 5.32 Å². The molecule has 0 unspecified atom stereocenters. The molecule has 0 spiro atoms. The zero-order valence-electron chi connectivity index (χ0n) is 15.3. The predicted molar refractivity (Wildman–Crippen MR) is 101 cm³/mol. The standard InChI is InChI=1S/C19H21ClFN3O3/c1-12(2)10-22-17(25)11-27-18(26)9-8-16-13(3)23-24(19(16)20)15-6-4-14(21)5-7-15/h4-9,12H,10-11H2,1-3H3,(H,22,25)/b9-8+. The van der Waals surface area contributed by atoms with Crippen LogP contribution in [0.1, 0.15) is 25.1 Å². The molecular formula is C19H21ClFN3O3. The van der Waals surface area contributed by atoms with Crippen molar-refractivity contribution in [1.82, 2.24) is 15.1 Å². The number of halogens is 2. The number of carbonyl (C=O) groups is 2. The van der Waals surface area contributed by atoms with Gasteiger partial charge in [-0.05, 0) is 43.2 Å². The molecule has 0 aliphatic heterocycles. The van der Waals surface area contributed by atoms with Crippen molar-refractivity contribution in [2.45, 2.75) is 20.8 Å². The van der Waals surface area contributed by atoms with Crippen molar-refractivity contribution in [2.75, 3.05) is 13.2 Å². The third-order valence-electron chi connectivity index (χ3n) is 3.56. The Morgan fingerprint density at radius 3 is 2.63 bits per heavy atom. The SMILES string of the molecule is Cc1nn(-c2ccc(F)cc2)c(Cl)c1/C=C/C(=O)OCC(=O)NCC(C)C. The summed E-state index contributed by atoms with van der Waals surface area (Å²) in [6.45, 7) is 5.83. The summed E-state index contributed by atoms with van der Waals surface area (Å²) in [5, 5.41) is 7.23. The maximum Gasteiger partial charge on any atom is 0.331 e. The van der Waals surface area contributed by atoms with Crippen LogP contribution in [0.4, 0.5) is 4.39 Å². The lowest BCUT2D eigenvalue weighted by Gasteiger charge is -2.07. The van der Waals surface area contributed by atoms with Gasteiger partial charge < -0.3 is 10.1 Å². The number of carbonyl (C=O) groups excluding carboxylic acids is 2. The maximum absolute atomic E-state index is 13.1. The van der Waals surface area contributed by atoms with Crippen LogP contribution in [0.25, 0.3) is 11.8 Å². The Labute approximate surface area is 162 Å². The first kappa shape index (κ1) is 20.6. The molecule has 2 aromatic rings. The summed E-state index contributed by atoms with van der Waals surface area (Å²) < 4.78 is 19.4. The van der Waals surface area contributed by atoms with E-state index in [2.05, 4.69) is 10.4 Å². The van der Waals surface area contributed by atoms with Crippen molar-refractivity contribution >= 4 is 29.6 Å². The molecule has 0 atom stereocenters. The summed E-state index contributed by atoms with van der Waals surface area (Å²) in [6, 6.07) is 5.70. The molecule has 0 radical (unpaired) electrons. The van der Waals surface area contributed by atoms with E-state index in [4.69, 9.17) is 16.3 Å². The maximum atomic E-state index is 13.1. The quantitative estimate of drug-likeness (QED) is 0.578. The number of hydrogen-bond donors (Lipinski definition) is 1. The monoisotopic (exact) mass is 393 g/mol. The Bertz CT molecular complexity index is 845. The minimum absolute atomic E-state index is 0.276. The van der Waals surface area contributed by atoms with Gasteiger partial charge in [0.1, 0.15) is 11.0 Å². The molecular weight excluding hydrogens is 373 g/mol. The fraction of sp³-hybridized carbons (Fsp3) is 0.316. The van der Waals surface area contributed by atoms with Gasteiger partial charge in [0.2, 0.25) is 0 Å². The highest BCUT2D eigenvalue weighted by atomic mass is 35.5. The molecule has 144 valence electrons. The fourth-order valence-electron chi connectivity index (χ4n) is 2.16. The molecule has 0 fully saturated rings. The van der Waals surface area contributed by atoms with Gasteiger partial charge in [-0.25, -0.2) is 13.9 Å². The summed E-state index contributed by atoms with van der Waals surface area (Å²) in [6.07, 6.45) is 2.65. The van der Waals surface area contributed by atoms with E-state index >= 15 is 0 Å². The topological polar surface area (TPSA) is 73.2 Å². The van der Waals surface area contributed by atoms with E-state index in [0.29, 0.717) is 29.4 Å². The molecule has 0 aliphatic carbocycles. The molecule has 2 rings (SSSR count). The van der Waals surface area contributed by atoms with Gasteiger partial charge in [-0.15, -0.1) is 0 Å². The summed E-state index contributed by atoms with van der Waals surface area (Å²) in [7, 11) is 0. The lowest BCUT2D eigenvalue weighted by molar-refractivity contribution is -0.143. The number of ether oxygens (including phenoxy) is 1. The van der Waals surface area contributed by atoms with Crippen molar-refractivity contribution in [2.24, 2.45) is 5.92 Å². The zero-order valence-corrected chi connectivity index (χ0v) is 16.1. The molecule has 0 aliphatic rings. The Balaban J connectivity index is 2.01. The molecule has 1 heterocycles. The number of nitrogens with zero attached hydrogens (tertiary/aromatic N) is 2. The Hall–Kier alpha value is -2.67. The lowest BCUT2D eigenvalue weighted by atomic mass is 10.2. The van der Waals surface area contributed by atoms with Crippen LogP contribution in [0.15, 0.2) is 30.3 Å². The van der Waals surface area contributed by atoms with Crippen molar-refractivity contribution in [1.29, 1.82) is 0 Å². The average Bonchev–Trinajstić information content (AvgIpc) is 2.91. The number of benzene rings is 1. The number of aromatic nitrogens is 2. The molecule has 8 heteroatoms. The highest BCUT2D eigenvalue weighted by Gasteiger charge is 2.13. The van der Waals surface area contributed by atoms with Crippen LogP contribution in [0.5, 0.6) is 0 Å². The second kappa shape index (κ2) is 9.32. The summed E-state index contributed by atoms with van der Waals surface area (Å²) >= 11 is 6.32. The third-order valence-corrected chi connectivity index (χ3v) is 3.92. The Morgan fingerprint density at radius 2 is 2.00 bits per heavy atom. The number of hydrogen-bond acceptors (Lipinski definition) is 4. The van der Waals surface area contributed by atoms with Crippen molar-refractivity contribution in [3.8, 4) is 5.69 Å². The molecule has 27 heavy (non-hydrogen) atoms. The first-order chi connectivity index (χ1) is 12.8. The van der Waals surface area contributed by atoms with Crippen molar-refractivity contribution < 1.29 is 18.7 Å². The van der Waals surface area contributed by atoms with E-state index in [0.717, 1.165) is 0 Å². The minimum atomic E-state index is -0.667. The van der Waals surface area contributed by atoms with Crippen LogP contribution in [-0.2, 0) is 14.3 Å². The summed E-state index contributed by atoms with van der Waals surface area (Å²) in [5.41, 5.74) is 1.71. The minimum Gasteiger partial charge on any atom is -0.452 e. The van der Waals surface area contributed by atoms with E-state index in [1.54, 1.807) is 19.1 Å². The van der Waals surface area contributed by atoms with Crippen LogP contribution in [-0.4, -0.2) is 34.8 Å². The molecule has 0 bridgehead atoms. The van der Waals surface area contributed by atoms with Gasteiger partial charge in [-0.3, -0.25) is 4.79 Å². The number of aryl methyl sites for hydroxylation is 1. The molecule has 6 nitrogen and oxygen atoms in total. The fourth-order valence-corrected chi connectivity index (χ4v) is 2.49. The van der Waals surface area contributed by atoms with Crippen LogP contribution in [0.3, 0.4) is 0 Å². The number of amides is 1. The smallest absolute Gasteiger partial charge is 0.331 e. The predicted octanol–water partition coefficient (Wildman–Crippen LogP) is 3.30. The highest BCUT2D eigenvalue weighted by Crippen LogP contribution is 2.24. The molecule has 1 amide bonds. The van der Waals surface area contributed by atoms with E-state index in [-0.39, 0.29) is 23.5 Å². The normalized spacial score (nSPS) is 11.2. The largest absolute Gasteiger partial charge is 0.452 e. The molecule has 1 N–H and O–H groups in total. The van der Waals surface area contributed by atoms with Gasteiger partial charge in [-0.2, -0.15) is 5.10 Å². The van der Waals surface area contributed by atoms with Crippen molar-refractivity contribution in [3.05, 3.63) is 52.6 Å². The Kier molecular flexibility index (Phi) is 7.12. The van der Waals surface area contributed by atoms with Gasteiger partial charge in [0, 0.05) is 18.2 Å². The first-order valence-corrected chi connectivity index (χ1v) is 8.78. The van der Waals surface area contributed by atoms with E-state index < -0.39 is 5.97 Å². The third kappa shape index (κ3) is 5.92.